The van der Waals surface area contributed by atoms with E-state index in [1.54, 1.807) is 18.5 Å². The number of anilines is 1. The molecule has 0 amide bonds. The van der Waals surface area contributed by atoms with Crippen molar-refractivity contribution in [3.05, 3.63) is 48.6 Å². The van der Waals surface area contributed by atoms with E-state index in [0.717, 1.165) is 22.5 Å². The smallest absolute Gasteiger partial charge is 0.241 e. The highest BCUT2D eigenvalue weighted by molar-refractivity contribution is 7.92. The van der Waals surface area contributed by atoms with Gasteiger partial charge in [0.25, 0.3) is 0 Å². The van der Waals surface area contributed by atoms with Crippen LogP contribution in [-0.4, -0.2) is 48.5 Å². The Morgan fingerprint density at radius 3 is 2.97 bits per heavy atom. The molecule has 0 saturated carbocycles. The summed E-state index contributed by atoms with van der Waals surface area (Å²) in [6.45, 7) is 5.87. The molecule has 0 radical (unpaired) electrons. The first-order valence-corrected chi connectivity index (χ1v) is 11.7. The quantitative estimate of drug-likeness (QED) is 0.325. The molecule has 1 aliphatic rings. The molecule has 156 valence electrons. The summed E-state index contributed by atoms with van der Waals surface area (Å²) in [7, 11) is -3.54. The van der Waals surface area contributed by atoms with E-state index in [0.29, 0.717) is 22.7 Å². The van der Waals surface area contributed by atoms with Gasteiger partial charge in [-0.05, 0) is 19.1 Å². The maximum atomic E-state index is 12.3. The number of hydrogen-bond acceptors (Lipinski definition) is 9. The van der Waals surface area contributed by atoms with Crippen molar-refractivity contribution in [1.82, 2.24) is 15.0 Å². The maximum Gasteiger partial charge on any atom is 0.241 e. The molecule has 0 aliphatic carbocycles. The second-order valence-corrected chi connectivity index (χ2v) is 9.46. The molecule has 0 spiro atoms. The van der Waals surface area contributed by atoms with Crippen molar-refractivity contribution >= 4 is 33.0 Å². The molecule has 0 atom stereocenters. The van der Waals surface area contributed by atoms with Gasteiger partial charge in [-0.1, -0.05) is 17.8 Å². The zero-order chi connectivity index (χ0) is 21.3. The molecule has 1 aliphatic heterocycles. The van der Waals surface area contributed by atoms with E-state index < -0.39 is 10.0 Å². The number of aromatic nitrogens is 3. The number of oxime groups is 1. The van der Waals surface area contributed by atoms with Crippen molar-refractivity contribution in [2.75, 3.05) is 23.7 Å². The molecule has 0 fully saturated rings. The molecular formula is C19H19N5O4S2. The molecule has 3 aromatic rings. The fourth-order valence-electron chi connectivity index (χ4n) is 2.97. The van der Waals surface area contributed by atoms with E-state index >= 15 is 0 Å². The summed E-state index contributed by atoms with van der Waals surface area (Å²) in [5.74, 6) is 0.424. The molecule has 0 aromatic carbocycles. The van der Waals surface area contributed by atoms with Crippen molar-refractivity contribution in [2.45, 2.75) is 13.3 Å². The molecule has 0 N–H and O–H groups in total. The molecule has 11 heteroatoms. The molecule has 30 heavy (non-hydrogen) atoms. The van der Waals surface area contributed by atoms with Crippen LogP contribution < -0.4 is 4.31 Å². The average molecular weight is 446 g/mol. The number of fused-ring (bicyclic) bond motifs is 1. The van der Waals surface area contributed by atoms with Gasteiger partial charge in [0.2, 0.25) is 21.8 Å². The Bertz CT molecular complexity index is 1220. The largest absolute Gasteiger partial charge is 0.418 e. The molecule has 0 bridgehead atoms. The zero-order valence-corrected chi connectivity index (χ0v) is 18.0. The molecule has 0 saturated heterocycles. The van der Waals surface area contributed by atoms with Crippen LogP contribution >= 0.6 is 11.3 Å². The van der Waals surface area contributed by atoms with Crippen LogP contribution in [0.25, 0.3) is 21.3 Å². The molecule has 9 nitrogen and oxygen atoms in total. The zero-order valence-electron chi connectivity index (χ0n) is 16.4. The second-order valence-electron chi connectivity index (χ2n) is 6.56. The number of oxazole rings is 1. The first-order valence-electron chi connectivity index (χ1n) is 9.05. The highest BCUT2D eigenvalue weighted by atomic mass is 32.2. The standard InChI is InChI=1S/C19H19N5O4S2/c1-4-10-27-23-14-7-9-24(30(3,25)26)19-15(14)22-17(28-19)16-12(2)21-18(29-16)13-6-5-8-20-11-13/h4-6,8,11H,1,7,9-10H2,2-3H3. The van der Waals surface area contributed by atoms with Crippen LogP contribution in [0.5, 0.6) is 0 Å². The van der Waals surface area contributed by atoms with Crippen LogP contribution in [0.1, 0.15) is 17.8 Å². The van der Waals surface area contributed by atoms with Gasteiger partial charge in [0.15, 0.2) is 5.69 Å². The van der Waals surface area contributed by atoms with Crippen LogP contribution in [0, 0.1) is 6.92 Å². The summed E-state index contributed by atoms with van der Waals surface area (Å²) in [5.41, 5.74) is 2.48. The summed E-state index contributed by atoms with van der Waals surface area (Å²) in [4.78, 5) is 19.2. The van der Waals surface area contributed by atoms with E-state index in [9.17, 15) is 8.42 Å². The molecule has 4 heterocycles. The topological polar surface area (TPSA) is 111 Å². The van der Waals surface area contributed by atoms with Gasteiger partial charge in [-0.25, -0.2) is 22.7 Å². The normalized spacial score (nSPS) is 15.3. The van der Waals surface area contributed by atoms with Crippen molar-refractivity contribution in [1.29, 1.82) is 0 Å². The predicted octanol–water partition coefficient (Wildman–Crippen LogP) is 3.24. The lowest BCUT2D eigenvalue weighted by Crippen LogP contribution is -2.36. The summed E-state index contributed by atoms with van der Waals surface area (Å²) in [5, 5.41) is 4.87. The third-order valence-electron chi connectivity index (χ3n) is 4.33. The number of thiazole rings is 1. The van der Waals surface area contributed by atoms with Crippen molar-refractivity contribution in [2.24, 2.45) is 5.16 Å². The Labute approximate surface area is 177 Å². The minimum Gasteiger partial charge on any atom is -0.418 e. The monoisotopic (exact) mass is 445 g/mol. The first-order chi connectivity index (χ1) is 14.4. The van der Waals surface area contributed by atoms with Crippen molar-refractivity contribution in [3.8, 4) is 21.3 Å². The minimum absolute atomic E-state index is 0.135. The van der Waals surface area contributed by atoms with Gasteiger partial charge >= 0.3 is 0 Å². The van der Waals surface area contributed by atoms with E-state index in [4.69, 9.17) is 9.25 Å². The SMILES string of the molecule is C=CCON=C1CCN(S(C)(=O)=O)c2oc(-c3sc(-c4cccnc4)nc3C)nc21. The third kappa shape index (κ3) is 3.85. The van der Waals surface area contributed by atoms with E-state index in [-0.39, 0.29) is 24.9 Å². The molecule has 4 rings (SSSR count). The van der Waals surface area contributed by atoms with Gasteiger partial charge in [0.05, 0.1) is 11.9 Å². The number of rotatable bonds is 6. The predicted molar refractivity (Wildman–Crippen MR) is 115 cm³/mol. The molecule has 3 aromatic heterocycles. The van der Waals surface area contributed by atoms with E-state index in [1.165, 1.54) is 15.6 Å². The fourth-order valence-corrected chi connectivity index (χ4v) is 4.80. The Morgan fingerprint density at radius 2 is 2.27 bits per heavy atom. The highest BCUT2D eigenvalue weighted by Crippen LogP contribution is 2.39. The first kappa shape index (κ1) is 20.2. The number of sulfonamides is 1. The van der Waals surface area contributed by atoms with Crippen LogP contribution in [0.15, 0.2) is 46.8 Å². The lowest BCUT2D eigenvalue weighted by molar-refractivity contribution is 0.174. The van der Waals surface area contributed by atoms with Crippen molar-refractivity contribution < 1.29 is 17.7 Å². The number of aryl methyl sites for hydroxylation is 1. The second kappa shape index (κ2) is 8.00. The number of nitrogens with zero attached hydrogens (tertiary/aromatic N) is 5. The summed E-state index contributed by atoms with van der Waals surface area (Å²) in [6, 6.07) is 3.76. The van der Waals surface area contributed by atoms with Gasteiger partial charge in [0, 0.05) is 30.9 Å². The van der Waals surface area contributed by atoms with Gasteiger partial charge in [0.1, 0.15) is 22.2 Å². The van der Waals surface area contributed by atoms with Crippen LogP contribution in [0.2, 0.25) is 0 Å². The van der Waals surface area contributed by atoms with Gasteiger partial charge in [-0.2, -0.15) is 0 Å². The molecule has 0 unspecified atom stereocenters. The number of hydrogen-bond donors (Lipinski definition) is 0. The minimum atomic E-state index is -3.54. The van der Waals surface area contributed by atoms with Crippen LogP contribution in [0.4, 0.5) is 5.88 Å². The Morgan fingerprint density at radius 1 is 1.43 bits per heavy atom. The summed E-state index contributed by atoms with van der Waals surface area (Å²) >= 11 is 1.40. The Kier molecular flexibility index (Phi) is 5.39. The maximum absolute atomic E-state index is 12.3. The summed E-state index contributed by atoms with van der Waals surface area (Å²) in [6.07, 6.45) is 6.49. The lowest BCUT2D eigenvalue weighted by Gasteiger charge is -2.24. The van der Waals surface area contributed by atoms with E-state index in [2.05, 4.69) is 26.7 Å². The lowest BCUT2D eigenvalue weighted by atomic mass is 10.1. The van der Waals surface area contributed by atoms with Gasteiger partial charge < -0.3 is 9.25 Å². The van der Waals surface area contributed by atoms with Crippen molar-refractivity contribution in [3.63, 3.8) is 0 Å². The number of pyridine rings is 1. The highest BCUT2D eigenvalue weighted by Gasteiger charge is 2.34. The third-order valence-corrected chi connectivity index (χ3v) is 6.67. The molecular weight excluding hydrogens is 426 g/mol. The van der Waals surface area contributed by atoms with E-state index in [1.807, 2.05) is 19.1 Å². The Hall–Kier alpha value is -3.05. The Balaban J connectivity index is 1.79. The van der Waals surface area contributed by atoms with Crippen LogP contribution in [-0.2, 0) is 14.9 Å². The fraction of sp³-hybridized carbons (Fsp3) is 0.263. The average Bonchev–Trinajstić information content (AvgIpc) is 3.32. The van der Waals surface area contributed by atoms with Gasteiger partial charge in [-0.3, -0.25) is 4.98 Å². The van der Waals surface area contributed by atoms with Gasteiger partial charge in [-0.15, -0.1) is 11.3 Å². The summed E-state index contributed by atoms with van der Waals surface area (Å²) < 4.78 is 31.6. The van der Waals surface area contributed by atoms with Crippen LogP contribution in [0.3, 0.4) is 0 Å².